The van der Waals surface area contributed by atoms with Crippen LogP contribution in [-0.4, -0.2) is 25.8 Å². The van der Waals surface area contributed by atoms with Gasteiger partial charge < -0.3 is 14.1 Å². The van der Waals surface area contributed by atoms with Gasteiger partial charge in [0.1, 0.15) is 0 Å². The van der Waals surface area contributed by atoms with Crippen LogP contribution in [-0.2, 0) is 11.3 Å². The lowest BCUT2D eigenvalue weighted by Gasteiger charge is -2.08. The Morgan fingerprint density at radius 3 is 2.94 bits per heavy atom. The molecule has 0 amide bonds. The maximum Gasteiger partial charge on any atom is 0.324 e. The Labute approximate surface area is 103 Å². The predicted octanol–water partition coefficient (Wildman–Crippen LogP) is 1.61. The second kappa shape index (κ2) is 4.62. The smallest absolute Gasteiger partial charge is 0.324 e. The van der Waals surface area contributed by atoms with Crippen LogP contribution in [0.25, 0.3) is 11.6 Å². The first-order chi connectivity index (χ1) is 8.15. The summed E-state index contributed by atoms with van der Waals surface area (Å²) in [7, 11) is 0. The Bertz CT molecular complexity index is 521. The van der Waals surface area contributed by atoms with Crippen LogP contribution in [0.2, 0.25) is 0 Å². The van der Waals surface area contributed by atoms with Gasteiger partial charge in [0.15, 0.2) is 22.7 Å². The zero-order valence-corrected chi connectivity index (χ0v) is 9.96. The second-order valence-electron chi connectivity index (χ2n) is 3.34. The minimum atomic E-state index is -1.05. The topological polar surface area (TPSA) is 81.2 Å². The Morgan fingerprint density at radius 1 is 1.65 bits per heavy atom. The van der Waals surface area contributed by atoms with Crippen LogP contribution in [0, 0.1) is 0 Å². The van der Waals surface area contributed by atoms with Gasteiger partial charge in [-0.05, 0) is 19.1 Å². The lowest BCUT2D eigenvalue weighted by Crippen LogP contribution is -2.12. The number of carbonyl (C=O) groups is 1. The molecule has 1 unspecified atom stereocenters. The molecule has 17 heavy (non-hydrogen) atoms. The summed E-state index contributed by atoms with van der Waals surface area (Å²) in [6, 6.07) is 3.48. The van der Waals surface area contributed by atoms with E-state index in [9.17, 15) is 4.79 Å². The van der Waals surface area contributed by atoms with Crippen molar-refractivity contribution in [3.8, 4) is 11.6 Å². The van der Waals surface area contributed by atoms with Gasteiger partial charge in [-0.15, -0.1) is 10.2 Å². The summed E-state index contributed by atoms with van der Waals surface area (Å²) in [5.74, 6) is 0.306. The van der Waals surface area contributed by atoms with Crippen molar-refractivity contribution in [1.82, 2.24) is 14.8 Å². The highest BCUT2D eigenvalue weighted by atomic mass is 32.1. The third-order valence-electron chi connectivity index (χ3n) is 2.32. The molecule has 0 spiro atoms. The molecule has 1 N–H and O–H groups in total. The van der Waals surface area contributed by atoms with Gasteiger partial charge in [0.25, 0.3) is 0 Å². The number of rotatable bonds is 4. The van der Waals surface area contributed by atoms with Crippen molar-refractivity contribution in [2.45, 2.75) is 18.7 Å². The first kappa shape index (κ1) is 11.7. The molecule has 0 aromatic carbocycles. The average Bonchev–Trinajstić information content (AvgIpc) is 2.95. The van der Waals surface area contributed by atoms with Crippen molar-refractivity contribution in [3.05, 3.63) is 24.2 Å². The van der Waals surface area contributed by atoms with Crippen molar-refractivity contribution >= 4 is 18.6 Å². The molecule has 0 radical (unpaired) electrons. The zero-order chi connectivity index (χ0) is 12.4. The molecule has 2 aromatic heterocycles. The van der Waals surface area contributed by atoms with Crippen LogP contribution < -0.4 is 0 Å². The molecular formula is C10H11N3O3S. The second-order valence-corrected chi connectivity index (χ2v) is 3.86. The van der Waals surface area contributed by atoms with E-state index in [4.69, 9.17) is 9.52 Å². The maximum atomic E-state index is 10.9. The van der Waals surface area contributed by atoms with E-state index in [1.807, 2.05) is 6.92 Å². The quantitative estimate of drug-likeness (QED) is 0.809. The van der Waals surface area contributed by atoms with Crippen molar-refractivity contribution in [2.24, 2.45) is 0 Å². The van der Waals surface area contributed by atoms with Gasteiger partial charge >= 0.3 is 5.97 Å². The van der Waals surface area contributed by atoms with Crippen LogP contribution in [0.15, 0.2) is 22.8 Å². The van der Waals surface area contributed by atoms with Gasteiger partial charge in [-0.1, -0.05) is 0 Å². The Balaban J connectivity index is 2.47. The Morgan fingerprint density at radius 2 is 2.41 bits per heavy atom. The van der Waals surface area contributed by atoms with E-state index in [2.05, 4.69) is 22.8 Å². The number of furan rings is 1. The Kier molecular flexibility index (Phi) is 3.19. The van der Waals surface area contributed by atoms with E-state index in [1.54, 1.807) is 16.7 Å². The zero-order valence-electron chi connectivity index (χ0n) is 9.07. The van der Waals surface area contributed by atoms with Crippen LogP contribution in [0.4, 0.5) is 0 Å². The van der Waals surface area contributed by atoms with Gasteiger partial charge in [0.05, 0.1) is 6.26 Å². The number of aliphatic carboxylic acids is 1. The third-order valence-corrected chi connectivity index (χ3v) is 2.77. The van der Waals surface area contributed by atoms with Crippen molar-refractivity contribution in [1.29, 1.82) is 0 Å². The summed E-state index contributed by atoms with van der Waals surface area (Å²) in [4.78, 5) is 10.9. The molecule has 1 atom stereocenters. The minimum Gasteiger partial charge on any atom is -0.480 e. The number of hydrogen-bond acceptors (Lipinski definition) is 5. The summed E-state index contributed by atoms with van der Waals surface area (Å²) < 4.78 is 6.89. The third kappa shape index (κ3) is 2.05. The highest BCUT2D eigenvalue weighted by Crippen LogP contribution is 2.24. The normalized spacial score (nSPS) is 12.6. The largest absolute Gasteiger partial charge is 0.480 e. The van der Waals surface area contributed by atoms with E-state index in [0.29, 0.717) is 24.0 Å². The number of carboxylic acid groups (broad SMARTS) is 1. The molecular weight excluding hydrogens is 242 g/mol. The molecule has 2 aromatic rings. The molecule has 0 bridgehead atoms. The molecule has 0 aliphatic heterocycles. The van der Waals surface area contributed by atoms with Crippen molar-refractivity contribution < 1.29 is 14.3 Å². The molecule has 6 nitrogen and oxygen atoms in total. The monoisotopic (exact) mass is 253 g/mol. The number of carboxylic acids is 1. The highest BCUT2D eigenvalue weighted by Gasteiger charge is 2.24. The van der Waals surface area contributed by atoms with Gasteiger partial charge in [-0.2, -0.15) is 12.6 Å². The minimum absolute atomic E-state index is 0.301. The molecule has 0 fully saturated rings. The Hall–Kier alpha value is -1.76. The molecule has 7 heteroatoms. The number of hydrogen-bond donors (Lipinski definition) is 2. The summed E-state index contributed by atoms with van der Waals surface area (Å²) in [6.45, 7) is 2.42. The molecule has 2 heterocycles. The van der Waals surface area contributed by atoms with E-state index in [1.165, 1.54) is 6.26 Å². The van der Waals surface area contributed by atoms with Crippen LogP contribution in [0.5, 0.6) is 0 Å². The van der Waals surface area contributed by atoms with Gasteiger partial charge in [0, 0.05) is 6.54 Å². The van der Waals surface area contributed by atoms with Crippen LogP contribution in [0.1, 0.15) is 18.0 Å². The molecule has 2 rings (SSSR count). The highest BCUT2D eigenvalue weighted by molar-refractivity contribution is 7.81. The number of thiol groups is 1. The first-order valence-electron chi connectivity index (χ1n) is 5.03. The fraction of sp³-hybridized carbons (Fsp3) is 0.300. The summed E-state index contributed by atoms with van der Waals surface area (Å²) in [6.07, 6.45) is 1.53. The fourth-order valence-electron chi connectivity index (χ4n) is 1.53. The van der Waals surface area contributed by atoms with E-state index in [0.717, 1.165) is 0 Å². The van der Waals surface area contributed by atoms with Gasteiger partial charge in [0.2, 0.25) is 0 Å². The van der Waals surface area contributed by atoms with Crippen molar-refractivity contribution in [3.63, 3.8) is 0 Å². The molecule has 0 saturated carbocycles. The fourth-order valence-corrected chi connectivity index (χ4v) is 1.72. The molecule has 0 saturated heterocycles. The summed E-state index contributed by atoms with van der Waals surface area (Å²) in [5.41, 5.74) is 0. The van der Waals surface area contributed by atoms with E-state index < -0.39 is 11.2 Å². The lowest BCUT2D eigenvalue weighted by atomic mass is 10.3. The number of nitrogens with zero attached hydrogens (tertiary/aromatic N) is 3. The van der Waals surface area contributed by atoms with Crippen LogP contribution >= 0.6 is 12.6 Å². The molecule has 0 aliphatic rings. The van der Waals surface area contributed by atoms with Gasteiger partial charge in [-0.3, -0.25) is 4.79 Å². The average molecular weight is 253 g/mol. The molecule has 90 valence electrons. The predicted molar refractivity (Wildman–Crippen MR) is 62.8 cm³/mol. The van der Waals surface area contributed by atoms with Crippen LogP contribution in [0.3, 0.4) is 0 Å². The summed E-state index contributed by atoms with van der Waals surface area (Å²) >= 11 is 4.00. The number of aromatic nitrogens is 3. The van der Waals surface area contributed by atoms with E-state index >= 15 is 0 Å². The van der Waals surface area contributed by atoms with Crippen molar-refractivity contribution in [2.75, 3.05) is 0 Å². The molecule has 0 aliphatic carbocycles. The summed E-state index contributed by atoms with van der Waals surface area (Å²) in [5, 5.41) is 15.7. The SMILES string of the molecule is CCn1c(-c2ccco2)nnc1C(S)C(=O)O. The van der Waals surface area contributed by atoms with Gasteiger partial charge in [-0.25, -0.2) is 0 Å². The maximum absolute atomic E-state index is 10.9. The first-order valence-corrected chi connectivity index (χ1v) is 5.54. The van der Waals surface area contributed by atoms with E-state index in [-0.39, 0.29) is 0 Å². The standard InChI is InChI=1S/C10H11N3O3S/c1-2-13-8(6-4-3-5-16-6)11-12-9(13)7(17)10(14)15/h3-5,7,17H,2H2,1H3,(H,14,15). The lowest BCUT2D eigenvalue weighted by molar-refractivity contribution is -0.136.